The number of nitrogens with two attached hydrogens (primary N) is 1. The van der Waals surface area contributed by atoms with E-state index in [-0.39, 0.29) is 5.82 Å². The summed E-state index contributed by atoms with van der Waals surface area (Å²) in [5, 5.41) is 5.64. The minimum Gasteiger partial charge on any atom is -0.435 e. The standard InChI is InChI=1S/C16H11FN4OS/c17-9-1-4-11(5-2-9)19-16-21-13(8-23-16)15-20-12-7-10(18)3-6-14(12)22-15/h1-8H,18H2,(H,19,21). The molecule has 0 saturated carbocycles. The van der Waals surface area contributed by atoms with Gasteiger partial charge in [-0.3, -0.25) is 0 Å². The van der Waals surface area contributed by atoms with Gasteiger partial charge < -0.3 is 15.5 Å². The van der Waals surface area contributed by atoms with Crippen LogP contribution in [0.2, 0.25) is 0 Å². The van der Waals surface area contributed by atoms with Crippen LogP contribution in [-0.2, 0) is 0 Å². The largest absolute Gasteiger partial charge is 0.435 e. The summed E-state index contributed by atoms with van der Waals surface area (Å²) >= 11 is 1.42. The molecule has 4 rings (SSSR count). The first-order chi connectivity index (χ1) is 11.2. The van der Waals surface area contributed by atoms with Gasteiger partial charge in [-0.25, -0.2) is 14.4 Å². The van der Waals surface area contributed by atoms with Gasteiger partial charge in [-0.1, -0.05) is 0 Å². The van der Waals surface area contributed by atoms with Crippen molar-refractivity contribution in [1.82, 2.24) is 9.97 Å². The maximum atomic E-state index is 12.9. The van der Waals surface area contributed by atoms with Crippen molar-refractivity contribution >= 4 is 38.9 Å². The Kier molecular flexibility index (Phi) is 3.20. The Morgan fingerprint density at radius 1 is 1.09 bits per heavy atom. The molecule has 0 fully saturated rings. The number of hydrogen-bond donors (Lipinski definition) is 2. The number of halogens is 1. The molecule has 2 aromatic carbocycles. The topological polar surface area (TPSA) is 77.0 Å². The first kappa shape index (κ1) is 13.7. The van der Waals surface area contributed by atoms with E-state index in [1.165, 1.54) is 23.5 Å². The summed E-state index contributed by atoms with van der Waals surface area (Å²) in [5.74, 6) is 0.162. The molecule has 0 atom stereocenters. The van der Waals surface area contributed by atoms with Crippen LogP contribution in [0.4, 0.5) is 20.9 Å². The average molecular weight is 326 g/mol. The first-order valence-corrected chi connectivity index (χ1v) is 7.70. The van der Waals surface area contributed by atoms with Crippen molar-refractivity contribution in [1.29, 1.82) is 0 Å². The molecule has 114 valence electrons. The molecule has 3 N–H and O–H groups in total. The highest BCUT2D eigenvalue weighted by Crippen LogP contribution is 2.29. The van der Waals surface area contributed by atoms with Crippen LogP contribution in [0.3, 0.4) is 0 Å². The Balaban J connectivity index is 1.62. The molecule has 2 aromatic heterocycles. The Morgan fingerprint density at radius 2 is 1.91 bits per heavy atom. The van der Waals surface area contributed by atoms with Gasteiger partial charge in [0.1, 0.15) is 17.0 Å². The molecule has 0 aliphatic carbocycles. The molecule has 0 aliphatic heterocycles. The van der Waals surface area contributed by atoms with Gasteiger partial charge >= 0.3 is 0 Å². The molecule has 0 saturated heterocycles. The third-order valence-corrected chi connectivity index (χ3v) is 3.99. The van der Waals surface area contributed by atoms with Crippen LogP contribution in [0, 0.1) is 5.82 Å². The van der Waals surface area contributed by atoms with Gasteiger partial charge in [0.2, 0.25) is 5.89 Å². The lowest BCUT2D eigenvalue weighted by Crippen LogP contribution is -1.89. The van der Waals surface area contributed by atoms with E-state index in [4.69, 9.17) is 10.2 Å². The third kappa shape index (κ3) is 2.74. The minimum absolute atomic E-state index is 0.277. The zero-order valence-corrected chi connectivity index (χ0v) is 12.6. The van der Waals surface area contributed by atoms with E-state index in [1.807, 2.05) is 5.38 Å². The number of hydrogen-bond acceptors (Lipinski definition) is 6. The molecule has 0 spiro atoms. The van der Waals surface area contributed by atoms with E-state index in [1.54, 1.807) is 30.3 Å². The van der Waals surface area contributed by atoms with Gasteiger partial charge in [0.05, 0.1) is 0 Å². The average Bonchev–Trinajstić information content (AvgIpc) is 3.15. The fourth-order valence-electron chi connectivity index (χ4n) is 2.14. The SMILES string of the molecule is Nc1ccc2oc(-c3csc(Nc4ccc(F)cc4)n3)nc2c1. The molecule has 0 amide bonds. The lowest BCUT2D eigenvalue weighted by atomic mass is 10.3. The van der Waals surface area contributed by atoms with Crippen LogP contribution in [0.1, 0.15) is 0 Å². The molecule has 0 unspecified atom stereocenters. The van der Waals surface area contributed by atoms with Gasteiger partial charge in [-0.2, -0.15) is 0 Å². The van der Waals surface area contributed by atoms with Gasteiger partial charge in [-0.05, 0) is 42.5 Å². The Labute approximate surface area is 134 Å². The van der Waals surface area contributed by atoms with Gasteiger partial charge in [-0.15, -0.1) is 11.3 Å². The second kappa shape index (κ2) is 5.36. The van der Waals surface area contributed by atoms with Crippen LogP contribution < -0.4 is 11.1 Å². The van der Waals surface area contributed by atoms with E-state index in [0.717, 1.165) is 5.69 Å². The van der Waals surface area contributed by atoms with E-state index in [9.17, 15) is 4.39 Å². The number of benzene rings is 2. The van der Waals surface area contributed by atoms with E-state index in [2.05, 4.69) is 15.3 Å². The molecule has 23 heavy (non-hydrogen) atoms. The van der Waals surface area contributed by atoms with Crippen LogP contribution in [0.15, 0.2) is 52.3 Å². The summed E-state index contributed by atoms with van der Waals surface area (Å²) in [6.07, 6.45) is 0. The first-order valence-electron chi connectivity index (χ1n) is 6.82. The highest BCUT2D eigenvalue weighted by molar-refractivity contribution is 7.14. The van der Waals surface area contributed by atoms with Gasteiger partial charge in [0, 0.05) is 16.8 Å². The fraction of sp³-hybridized carbons (Fsp3) is 0. The predicted molar refractivity (Wildman–Crippen MR) is 89.2 cm³/mol. The smallest absolute Gasteiger partial charge is 0.247 e. The number of anilines is 3. The van der Waals surface area contributed by atoms with Gasteiger partial charge in [0.25, 0.3) is 0 Å². The minimum atomic E-state index is -0.277. The fourth-order valence-corrected chi connectivity index (χ4v) is 2.84. The monoisotopic (exact) mass is 326 g/mol. The third-order valence-electron chi connectivity index (χ3n) is 3.23. The second-order valence-electron chi connectivity index (χ2n) is 4.92. The Bertz CT molecular complexity index is 977. The zero-order chi connectivity index (χ0) is 15.8. The highest BCUT2D eigenvalue weighted by atomic mass is 32.1. The van der Waals surface area contributed by atoms with Crippen LogP contribution >= 0.6 is 11.3 Å². The summed E-state index contributed by atoms with van der Waals surface area (Å²) in [7, 11) is 0. The molecular formula is C16H11FN4OS. The van der Waals surface area contributed by atoms with Crippen molar-refractivity contribution in [3.63, 3.8) is 0 Å². The van der Waals surface area contributed by atoms with Crippen molar-refractivity contribution in [2.75, 3.05) is 11.1 Å². The summed E-state index contributed by atoms with van der Waals surface area (Å²) in [5.41, 5.74) is 9.13. The Hall–Kier alpha value is -2.93. The Morgan fingerprint density at radius 3 is 2.74 bits per heavy atom. The number of fused-ring (bicyclic) bond motifs is 1. The molecule has 7 heteroatoms. The lowest BCUT2D eigenvalue weighted by Gasteiger charge is -2.01. The number of nitrogens with zero attached hydrogens (tertiary/aromatic N) is 2. The lowest BCUT2D eigenvalue weighted by molar-refractivity contribution is 0.617. The molecule has 0 bridgehead atoms. The number of nitrogen functional groups attached to an aromatic ring is 1. The van der Waals surface area contributed by atoms with Crippen molar-refractivity contribution in [3.8, 4) is 11.6 Å². The maximum Gasteiger partial charge on any atom is 0.247 e. The van der Waals surface area contributed by atoms with Crippen molar-refractivity contribution in [2.24, 2.45) is 0 Å². The summed E-state index contributed by atoms with van der Waals surface area (Å²) in [6.45, 7) is 0. The van der Waals surface area contributed by atoms with E-state index in [0.29, 0.717) is 33.5 Å². The van der Waals surface area contributed by atoms with Crippen LogP contribution in [-0.4, -0.2) is 9.97 Å². The molecule has 4 aromatic rings. The number of aromatic nitrogens is 2. The molecule has 2 heterocycles. The second-order valence-corrected chi connectivity index (χ2v) is 5.77. The summed E-state index contributed by atoms with van der Waals surface area (Å²) in [4.78, 5) is 8.84. The summed E-state index contributed by atoms with van der Waals surface area (Å²) in [6, 6.07) is 11.4. The maximum absolute atomic E-state index is 12.9. The molecule has 5 nitrogen and oxygen atoms in total. The van der Waals surface area contributed by atoms with Crippen molar-refractivity contribution in [2.45, 2.75) is 0 Å². The number of thiazole rings is 1. The van der Waals surface area contributed by atoms with E-state index >= 15 is 0 Å². The molecule has 0 aliphatic rings. The number of nitrogens with one attached hydrogen (secondary N) is 1. The quantitative estimate of drug-likeness (QED) is 0.545. The van der Waals surface area contributed by atoms with Crippen LogP contribution in [0.5, 0.6) is 0 Å². The van der Waals surface area contributed by atoms with Crippen LogP contribution in [0.25, 0.3) is 22.7 Å². The molecular weight excluding hydrogens is 315 g/mol. The predicted octanol–water partition coefficient (Wildman–Crippen LogP) is 4.42. The number of oxazole rings is 1. The molecule has 0 radical (unpaired) electrons. The van der Waals surface area contributed by atoms with E-state index < -0.39 is 0 Å². The van der Waals surface area contributed by atoms with Crippen molar-refractivity contribution < 1.29 is 8.81 Å². The van der Waals surface area contributed by atoms with Gasteiger partial charge in [0.15, 0.2) is 10.7 Å². The normalized spacial score (nSPS) is 11.0. The number of rotatable bonds is 3. The van der Waals surface area contributed by atoms with Crippen molar-refractivity contribution in [3.05, 3.63) is 53.7 Å². The highest BCUT2D eigenvalue weighted by Gasteiger charge is 2.12. The zero-order valence-electron chi connectivity index (χ0n) is 11.8. The summed E-state index contributed by atoms with van der Waals surface area (Å²) < 4.78 is 18.6.